The first-order chi connectivity index (χ1) is 11.3. The van der Waals surface area contributed by atoms with Crippen LogP contribution in [-0.4, -0.2) is 26.9 Å². The Hall–Kier alpha value is -2.71. The van der Waals surface area contributed by atoms with Crippen LogP contribution in [-0.2, 0) is 30.4 Å². The predicted octanol–water partition coefficient (Wildman–Crippen LogP) is 1.81. The van der Waals surface area contributed by atoms with Crippen LogP contribution in [0.2, 0.25) is 0 Å². The zero-order chi connectivity index (χ0) is 17.3. The van der Waals surface area contributed by atoms with Gasteiger partial charge in [0.2, 0.25) is 0 Å². The number of carbonyl (C=O) groups excluding carboxylic acids is 2. The third kappa shape index (κ3) is 3.29. The molecule has 2 aromatic rings. The van der Waals surface area contributed by atoms with Crippen LogP contribution in [0.15, 0.2) is 18.2 Å². The lowest BCUT2D eigenvalue weighted by molar-refractivity contribution is -0.144. The van der Waals surface area contributed by atoms with Crippen molar-refractivity contribution < 1.29 is 22.8 Å². The number of nitrogens with one attached hydrogen (secondary N) is 2. The average molecular weight is 338 g/mol. The fourth-order valence-corrected chi connectivity index (χ4v) is 2.61. The number of alkyl halides is 3. The van der Waals surface area contributed by atoms with Gasteiger partial charge in [-0.05, 0) is 23.6 Å². The van der Waals surface area contributed by atoms with Crippen molar-refractivity contribution in [1.82, 2.24) is 20.5 Å². The molecule has 0 unspecified atom stereocenters. The van der Waals surface area contributed by atoms with Gasteiger partial charge in [0.05, 0.1) is 6.54 Å². The zero-order valence-electron chi connectivity index (χ0n) is 12.4. The molecule has 3 rings (SSSR count). The quantitative estimate of drug-likeness (QED) is 0.893. The van der Waals surface area contributed by atoms with Gasteiger partial charge in [0.15, 0.2) is 0 Å². The van der Waals surface area contributed by atoms with Gasteiger partial charge in [-0.2, -0.15) is 13.2 Å². The van der Waals surface area contributed by atoms with Crippen LogP contribution in [0, 0.1) is 0 Å². The Morgan fingerprint density at radius 1 is 1.29 bits per heavy atom. The van der Waals surface area contributed by atoms with Gasteiger partial charge in [-0.25, -0.2) is 4.98 Å². The molecular weight excluding hydrogens is 325 g/mol. The van der Waals surface area contributed by atoms with Crippen molar-refractivity contribution >= 4 is 11.7 Å². The minimum atomic E-state index is -4.64. The Morgan fingerprint density at radius 2 is 2.08 bits per heavy atom. The van der Waals surface area contributed by atoms with Gasteiger partial charge < -0.3 is 5.32 Å². The van der Waals surface area contributed by atoms with Crippen LogP contribution >= 0.6 is 0 Å². The highest BCUT2D eigenvalue weighted by atomic mass is 19.4. The van der Waals surface area contributed by atoms with E-state index in [0.717, 1.165) is 5.56 Å². The SMILES string of the molecule is O=C1CCc2cccc(C(=O)NCc3nc(C(F)(F)F)n[nH]3)c2C1. The normalized spacial score (nSPS) is 14.4. The van der Waals surface area contributed by atoms with Gasteiger partial charge >= 0.3 is 6.18 Å². The summed E-state index contributed by atoms with van der Waals surface area (Å²) in [6.45, 7) is -0.223. The first-order valence-corrected chi connectivity index (χ1v) is 7.23. The minimum Gasteiger partial charge on any atom is -0.345 e. The van der Waals surface area contributed by atoms with Crippen molar-refractivity contribution in [2.45, 2.75) is 32.0 Å². The van der Waals surface area contributed by atoms with Gasteiger partial charge in [-0.1, -0.05) is 12.1 Å². The number of aryl methyl sites for hydroxylation is 1. The van der Waals surface area contributed by atoms with E-state index in [1.54, 1.807) is 12.1 Å². The second kappa shape index (κ2) is 6.06. The van der Waals surface area contributed by atoms with E-state index in [9.17, 15) is 22.8 Å². The minimum absolute atomic E-state index is 0.0628. The van der Waals surface area contributed by atoms with Crippen molar-refractivity contribution in [2.75, 3.05) is 0 Å². The molecule has 0 aliphatic heterocycles. The molecule has 2 N–H and O–H groups in total. The molecule has 0 fully saturated rings. The largest absolute Gasteiger partial charge is 0.453 e. The number of H-pyrrole nitrogens is 1. The first-order valence-electron chi connectivity index (χ1n) is 7.23. The first kappa shape index (κ1) is 16.2. The molecule has 1 amide bonds. The summed E-state index contributed by atoms with van der Waals surface area (Å²) in [6.07, 6.45) is -3.40. The van der Waals surface area contributed by atoms with E-state index in [2.05, 4.69) is 20.5 Å². The van der Waals surface area contributed by atoms with E-state index < -0.39 is 17.9 Å². The van der Waals surface area contributed by atoms with Crippen molar-refractivity contribution in [2.24, 2.45) is 0 Å². The number of hydrogen-bond acceptors (Lipinski definition) is 4. The van der Waals surface area contributed by atoms with Crippen LogP contribution < -0.4 is 5.32 Å². The lowest BCUT2D eigenvalue weighted by Gasteiger charge is -2.18. The number of nitrogens with zero attached hydrogens (tertiary/aromatic N) is 2. The fraction of sp³-hybridized carbons (Fsp3) is 0.333. The highest BCUT2D eigenvalue weighted by Crippen LogP contribution is 2.25. The molecule has 0 spiro atoms. The average Bonchev–Trinajstić information content (AvgIpc) is 3.01. The number of aromatic amines is 1. The standard InChI is InChI=1S/C15H13F3N4O2/c16-15(17,18)14-20-12(21-22-14)7-19-13(24)10-3-1-2-8-4-5-9(23)6-11(8)10/h1-3H,4-7H2,(H,19,24)(H,20,21,22). The Bertz CT molecular complexity index is 798. The zero-order valence-corrected chi connectivity index (χ0v) is 12.4. The topological polar surface area (TPSA) is 87.7 Å². The van der Waals surface area contributed by atoms with E-state index in [4.69, 9.17) is 0 Å². The maximum absolute atomic E-state index is 12.4. The summed E-state index contributed by atoms with van der Waals surface area (Å²) in [5.41, 5.74) is 1.98. The van der Waals surface area contributed by atoms with Gasteiger partial charge in [0.25, 0.3) is 11.7 Å². The molecule has 1 aliphatic rings. The molecular formula is C15H13F3N4O2. The molecule has 0 bridgehead atoms. The molecule has 1 aromatic carbocycles. The second-order valence-electron chi connectivity index (χ2n) is 5.44. The van der Waals surface area contributed by atoms with E-state index in [0.29, 0.717) is 24.0 Å². The Kier molecular flexibility index (Phi) is 4.08. The number of ketones is 1. The van der Waals surface area contributed by atoms with E-state index >= 15 is 0 Å². The molecule has 1 aromatic heterocycles. The van der Waals surface area contributed by atoms with E-state index in [1.165, 1.54) is 0 Å². The summed E-state index contributed by atoms with van der Waals surface area (Å²) in [4.78, 5) is 27.2. The number of aromatic nitrogens is 3. The molecule has 24 heavy (non-hydrogen) atoms. The Labute approximate surface area is 134 Å². The van der Waals surface area contributed by atoms with Crippen molar-refractivity contribution in [1.29, 1.82) is 0 Å². The van der Waals surface area contributed by atoms with Gasteiger partial charge in [0, 0.05) is 18.4 Å². The summed E-state index contributed by atoms with van der Waals surface area (Å²) in [5, 5.41) is 7.69. The van der Waals surface area contributed by atoms with Crippen molar-refractivity contribution in [3.8, 4) is 0 Å². The van der Waals surface area contributed by atoms with Crippen LogP contribution in [0.3, 0.4) is 0 Å². The van der Waals surface area contributed by atoms with Gasteiger partial charge in [-0.3, -0.25) is 14.7 Å². The van der Waals surface area contributed by atoms with Gasteiger partial charge in [0.1, 0.15) is 11.6 Å². The molecule has 0 atom stereocenters. The number of carbonyl (C=O) groups is 2. The van der Waals surface area contributed by atoms with Gasteiger partial charge in [-0.15, -0.1) is 5.10 Å². The van der Waals surface area contributed by atoms with Crippen molar-refractivity contribution in [3.05, 3.63) is 46.5 Å². The number of benzene rings is 1. The molecule has 9 heteroatoms. The molecule has 0 saturated carbocycles. The molecule has 1 heterocycles. The Balaban J connectivity index is 1.72. The number of amides is 1. The highest BCUT2D eigenvalue weighted by Gasteiger charge is 2.36. The molecule has 1 aliphatic carbocycles. The third-order valence-corrected chi connectivity index (χ3v) is 3.77. The second-order valence-corrected chi connectivity index (χ2v) is 5.44. The number of fused-ring (bicyclic) bond motifs is 1. The Morgan fingerprint density at radius 3 is 2.79 bits per heavy atom. The van der Waals surface area contributed by atoms with Crippen LogP contribution in [0.25, 0.3) is 0 Å². The third-order valence-electron chi connectivity index (χ3n) is 3.77. The summed E-state index contributed by atoms with van der Waals surface area (Å²) >= 11 is 0. The summed E-state index contributed by atoms with van der Waals surface area (Å²) in [5.74, 6) is -1.79. The van der Waals surface area contributed by atoms with Crippen LogP contribution in [0.4, 0.5) is 13.2 Å². The summed E-state index contributed by atoms with van der Waals surface area (Å²) in [7, 11) is 0. The van der Waals surface area contributed by atoms with Crippen molar-refractivity contribution in [3.63, 3.8) is 0 Å². The predicted molar refractivity (Wildman–Crippen MR) is 76.0 cm³/mol. The summed E-state index contributed by atoms with van der Waals surface area (Å²) in [6, 6.07) is 5.18. The monoisotopic (exact) mass is 338 g/mol. The lowest BCUT2D eigenvalue weighted by atomic mass is 9.87. The number of rotatable bonds is 3. The fourth-order valence-electron chi connectivity index (χ4n) is 2.61. The highest BCUT2D eigenvalue weighted by molar-refractivity contribution is 5.98. The molecule has 6 nitrogen and oxygen atoms in total. The molecule has 126 valence electrons. The molecule has 0 radical (unpaired) electrons. The number of hydrogen-bond donors (Lipinski definition) is 2. The number of halogens is 3. The van der Waals surface area contributed by atoms with Crippen LogP contribution in [0.1, 0.15) is 39.6 Å². The molecule has 0 saturated heterocycles. The summed E-state index contributed by atoms with van der Waals surface area (Å²) < 4.78 is 37.3. The smallest absolute Gasteiger partial charge is 0.345 e. The van der Waals surface area contributed by atoms with Crippen LogP contribution in [0.5, 0.6) is 0 Å². The van der Waals surface area contributed by atoms with E-state index in [-0.39, 0.29) is 24.6 Å². The maximum atomic E-state index is 12.4. The van der Waals surface area contributed by atoms with E-state index in [1.807, 2.05) is 6.07 Å². The maximum Gasteiger partial charge on any atom is 0.453 e. The number of Topliss-reactive ketones (excluding diaryl/α,β-unsaturated/α-hetero) is 1. The lowest BCUT2D eigenvalue weighted by Crippen LogP contribution is -2.27.